The fraction of sp³-hybridized carbons (Fsp3) is 0.367. The van der Waals surface area contributed by atoms with Gasteiger partial charge in [0, 0.05) is 56.3 Å². The molecule has 1 fully saturated rings. The number of nitrogens with zero attached hydrogens (tertiary/aromatic N) is 4. The molecule has 1 amide bonds. The number of pyridine rings is 2. The van der Waals surface area contributed by atoms with Crippen molar-refractivity contribution < 1.29 is 9.18 Å². The van der Waals surface area contributed by atoms with Gasteiger partial charge in [0.2, 0.25) is 0 Å². The average Bonchev–Trinajstić information content (AvgIpc) is 2.90. The summed E-state index contributed by atoms with van der Waals surface area (Å²) in [6, 6.07) is 11.0. The Morgan fingerprint density at radius 1 is 1.16 bits per heavy atom. The number of rotatable bonds is 7. The van der Waals surface area contributed by atoms with Crippen molar-refractivity contribution in [3.63, 3.8) is 0 Å². The molecule has 0 atom stereocenters. The molecule has 0 radical (unpaired) electrons. The molecule has 0 spiro atoms. The summed E-state index contributed by atoms with van der Waals surface area (Å²) in [5, 5.41) is 3.11. The molecular weight excluding hydrogens is 465 g/mol. The summed E-state index contributed by atoms with van der Waals surface area (Å²) in [4.78, 5) is 25.2. The second-order valence-corrected chi connectivity index (χ2v) is 10.0. The van der Waals surface area contributed by atoms with E-state index < -0.39 is 0 Å². The number of hydrogen-bond donors (Lipinski definition) is 1. The number of anilines is 1. The van der Waals surface area contributed by atoms with E-state index in [2.05, 4.69) is 33.2 Å². The molecule has 0 saturated carbocycles. The van der Waals surface area contributed by atoms with Gasteiger partial charge in [-0.2, -0.15) is 0 Å². The summed E-state index contributed by atoms with van der Waals surface area (Å²) in [5.41, 5.74) is 7.39. The van der Waals surface area contributed by atoms with Gasteiger partial charge in [0.15, 0.2) is 0 Å². The van der Waals surface area contributed by atoms with Gasteiger partial charge in [-0.25, -0.2) is 4.39 Å². The third kappa shape index (κ3) is 6.23. The van der Waals surface area contributed by atoms with E-state index in [1.165, 1.54) is 16.5 Å². The number of benzene rings is 1. The van der Waals surface area contributed by atoms with E-state index >= 15 is 0 Å². The van der Waals surface area contributed by atoms with Crippen molar-refractivity contribution in [3.8, 4) is 11.3 Å². The number of piperidine rings is 1. The zero-order valence-corrected chi connectivity index (χ0v) is 22.4. The van der Waals surface area contributed by atoms with Crippen LogP contribution in [0.25, 0.3) is 17.3 Å². The molecule has 4 rings (SSSR count). The second kappa shape index (κ2) is 11.6. The molecule has 3 aromatic rings. The molecule has 1 N–H and O–H groups in total. The highest BCUT2D eigenvalue weighted by Gasteiger charge is 2.24. The lowest BCUT2D eigenvalue weighted by molar-refractivity contribution is 0.0827. The standard InChI is InChI=1S/C30H36FN5O/c1-20(16-27-21(2)33-13-10-26(27)29-9-7-24(32-3)18-34-29)19-36-14-11-22(12-15-36)25-8-6-23(17-28(25)31)30(37)35(4)5/h6-10,13,16-18,22,32H,11-12,14-15,19H2,1-5H3/b20-16+. The van der Waals surface area contributed by atoms with Crippen LogP contribution in [0.4, 0.5) is 10.1 Å². The molecule has 7 heteroatoms. The van der Waals surface area contributed by atoms with Crippen LogP contribution in [0.15, 0.2) is 54.4 Å². The number of nitrogens with one attached hydrogen (secondary N) is 1. The zero-order valence-electron chi connectivity index (χ0n) is 22.4. The van der Waals surface area contributed by atoms with Gasteiger partial charge in [0.1, 0.15) is 5.82 Å². The first-order valence-corrected chi connectivity index (χ1v) is 12.8. The molecule has 1 aliphatic heterocycles. The van der Waals surface area contributed by atoms with Gasteiger partial charge in [0.05, 0.1) is 17.6 Å². The second-order valence-electron chi connectivity index (χ2n) is 10.0. The summed E-state index contributed by atoms with van der Waals surface area (Å²) >= 11 is 0. The molecule has 0 unspecified atom stereocenters. The number of amides is 1. The van der Waals surface area contributed by atoms with E-state index in [0.717, 1.165) is 66.2 Å². The largest absolute Gasteiger partial charge is 0.387 e. The van der Waals surface area contributed by atoms with E-state index in [9.17, 15) is 9.18 Å². The van der Waals surface area contributed by atoms with Gasteiger partial charge >= 0.3 is 0 Å². The Morgan fingerprint density at radius 3 is 2.54 bits per heavy atom. The normalized spacial score (nSPS) is 15.0. The topological polar surface area (TPSA) is 61.4 Å². The highest BCUT2D eigenvalue weighted by atomic mass is 19.1. The minimum atomic E-state index is -0.279. The Labute approximate surface area is 219 Å². The summed E-state index contributed by atoms with van der Waals surface area (Å²) in [7, 11) is 5.23. The van der Waals surface area contributed by atoms with Crippen molar-refractivity contribution in [1.82, 2.24) is 19.8 Å². The van der Waals surface area contributed by atoms with Crippen LogP contribution in [0.2, 0.25) is 0 Å². The molecular formula is C30H36FN5O. The highest BCUT2D eigenvalue weighted by Crippen LogP contribution is 2.31. The Bertz CT molecular complexity index is 1280. The molecule has 0 bridgehead atoms. The first-order valence-electron chi connectivity index (χ1n) is 12.8. The molecule has 1 aliphatic rings. The molecule has 0 aliphatic carbocycles. The number of aromatic nitrogens is 2. The zero-order chi connectivity index (χ0) is 26.5. The quantitative estimate of drug-likeness (QED) is 0.456. The van der Waals surface area contributed by atoms with Gasteiger partial charge in [-0.15, -0.1) is 0 Å². The highest BCUT2D eigenvalue weighted by molar-refractivity contribution is 5.93. The number of aryl methyl sites for hydroxylation is 1. The third-order valence-electron chi connectivity index (χ3n) is 7.06. The molecule has 1 aromatic carbocycles. The fourth-order valence-corrected chi connectivity index (χ4v) is 4.98. The number of carbonyl (C=O) groups is 1. The Kier molecular flexibility index (Phi) is 8.34. The van der Waals surface area contributed by atoms with E-state index in [-0.39, 0.29) is 17.6 Å². The van der Waals surface area contributed by atoms with Crippen molar-refractivity contribution in [2.75, 3.05) is 46.1 Å². The molecule has 3 heterocycles. The van der Waals surface area contributed by atoms with E-state index in [0.29, 0.717) is 5.56 Å². The van der Waals surface area contributed by atoms with Crippen LogP contribution in [0, 0.1) is 12.7 Å². The van der Waals surface area contributed by atoms with Crippen LogP contribution in [0.3, 0.4) is 0 Å². The lowest BCUT2D eigenvalue weighted by Gasteiger charge is -2.32. The van der Waals surface area contributed by atoms with E-state index in [1.54, 1.807) is 26.2 Å². The molecule has 1 saturated heterocycles. The van der Waals surface area contributed by atoms with Crippen molar-refractivity contribution in [1.29, 1.82) is 0 Å². The molecule has 194 valence electrons. The van der Waals surface area contributed by atoms with E-state index in [1.807, 2.05) is 44.6 Å². The maximum Gasteiger partial charge on any atom is 0.253 e. The van der Waals surface area contributed by atoms with Gasteiger partial charge in [0.25, 0.3) is 5.91 Å². The Morgan fingerprint density at radius 2 is 1.92 bits per heavy atom. The molecule has 2 aromatic heterocycles. The van der Waals surface area contributed by atoms with Crippen LogP contribution < -0.4 is 5.32 Å². The van der Waals surface area contributed by atoms with Gasteiger partial charge < -0.3 is 10.2 Å². The third-order valence-corrected chi connectivity index (χ3v) is 7.06. The van der Waals surface area contributed by atoms with Crippen molar-refractivity contribution in [2.45, 2.75) is 32.6 Å². The summed E-state index contributed by atoms with van der Waals surface area (Å²) in [6.45, 7) is 6.84. The lowest BCUT2D eigenvalue weighted by atomic mass is 9.88. The lowest BCUT2D eigenvalue weighted by Crippen LogP contribution is -2.34. The average molecular weight is 502 g/mol. The van der Waals surface area contributed by atoms with Crippen LogP contribution in [0.5, 0.6) is 0 Å². The number of halogens is 1. The summed E-state index contributed by atoms with van der Waals surface area (Å²) in [5.74, 6) is -0.290. The summed E-state index contributed by atoms with van der Waals surface area (Å²) in [6.07, 6.45) is 7.68. The minimum Gasteiger partial charge on any atom is -0.387 e. The Balaban J connectivity index is 1.42. The monoisotopic (exact) mass is 501 g/mol. The van der Waals surface area contributed by atoms with Crippen LogP contribution in [0.1, 0.15) is 52.9 Å². The minimum absolute atomic E-state index is 0.169. The van der Waals surface area contributed by atoms with Crippen LogP contribution >= 0.6 is 0 Å². The maximum absolute atomic E-state index is 14.9. The smallest absolute Gasteiger partial charge is 0.253 e. The van der Waals surface area contributed by atoms with E-state index in [4.69, 9.17) is 0 Å². The van der Waals surface area contributed by atoms with Gasteiger partial charge in [-0.3, -0.25) is 19.7 Å². The van der Waals surface area contributed by atoms with Gasteiger partial charge in [-0.05, 0) is 81.6 Å². The first kappa shape index (κ1) is 26.5. The van der Waals surface area contributed by atoms with Crippen molar-refractivity contribution in [2.24, 2.45) is 0 Å². The van der Waals surface area contributed by atoms with Crippen molar-refractivity contribution >= 4 is 17.7 Å². The van der Waals surface area contributed by atoms with Crippen LogP contribution in [-0.2, 0) is 0 Å². The Hall–Kier alpha value is -3.58. The van der Waals surface area contributed by atoms with Crippen molar-refractivity contribution in [3.05, 3.63) is 82.6 Å². The predicted octanol–water partition coefficient (Wildman–Crippen LogP) is 5.62. The molecule has 37 heavy (non-hydrogen) atoms. The van der Waals surface area contributed by atoms with Gasteiger partial charge in [-0.1, -0.05) is 17.7 Å². The first-order chi connectivity index (χ1) is 17.8. The molecule has 6 nitrogen and oxygen atoms in total. The fourth-order valence-electron chi connectivity index (χ4n) is 4.98. The maximum atomic E-state index is 14.9. The summed E-state index contributed by atoms with van der Waals surface area (Å²) < 4.78 is 14.9. The number of likely N-dealkylation sites (tertiary alicyclic amines) is 1. The predicted molar refractivity (Wildman–Crippen MR) is 148 cm³/mol. The SMILES string of the molecule is CNc1ccc(-c2ccnc(C)c2/C=C(\C)CN2CCC(c3ccc(C(=O)N(C)C)cc3F)CC2)nc1. The number of hydrogen-bond acceptors (Lipinski definition) is 5. The van der Waals surface area contributed by atoms with Crippen LogP contribution in [-0.4, -0.2) is 66.5 Å². The number of carbonyl (C=O) groups excluding carboxylic acids is 1.